The molecule has 3 rings (SSSR count). The largest absolute Gasteiger partial charge is 0.288 e. The van der Waals surface area contributed by atoms with Crippen molar-refractivity contribution in [3.63, 3.8) is 0 Å². The molecule has 1 aromatic carbocycles. The van der Waals surface area contributed by atoms with Crippen LogP contribution in [-0.2, 0) is 25.7 Å². The van der Waals surface area contributed by atoms with Gasteiger partial charge in [0.25, 0.3) is 0 Å². The SMILES string of the molecule is CCc1ccc(C(=O)c2cc3c(s2)CCC3)cc1CC. The first-order valence-electron chi connectivity index (χ1n) is 7.51. The molecule has 0 aliphatic heterocycles. The molecule has 104 valence electrons. The van der Waals surface area contributed by atoms with Gasteiger partial charge in [0.15, 0.2) is 0 Å². The number of carbonyl (C=O) groups excluding carboxylic acids is 1. The molecule has 20 heavy (non-hydrogen) atoms. The average molecular weight is 284 g/mol. The molecule has 0 saturated carbocycles. The second-order valence-corrected chi connectivity index (χ2v) is 6.57. The topological polar surface area (TPSA) is 17.1 Å². The van der Waals surface area contributed by atoms with Crippen LogP contribution in [0.4, 0.5) is 0 Å². The van der Waals surface area contributed by atoms with Crippen LogP contribution in [0.5, 0.6) is 0 Å². The number of benzene rings is 1. The molecule has 2 aromatic rings. The zero-order chi connectivity index (χ0) is 14.1. The van der Waals surface area contributed by atoms with Crippen molar-refractivity contribution in [2.24, 2.45) is 0 Å². The first-order chi connectivity index (χ1) is 9.72. The Kier molecular flexibility index (Phi) is 3.75. The molecule has 1 nitrogen and oxygen atoms in total. The minimum atomic E-state index is 0.196. The minimum Gasteiger partial charge on any atom is -0.288 e. The molecule has 0 bridgehead atoms. The first kappa shape index (κ1) is 13.6. The van der Waals surface area contributed by atoms with Crippen LogP contribution in [0.15, 0.2) is 24.3 Å². The maximum atomic E-state index is 12.6. The highest BCUT2D eigenvalue weighted by molar-refractivity contribution is 7.14. The predicted molar refractivity (Wildman–Crippen MR) is 85.0 cm³/mol. The Morgan fingerprint density at radius 2 is 1.90 bits per heavy atom. The fourth-order valence-electron chi connectivity index (χ4n) is 3.02. The van der Waals surface area contributed by atoms with Gasteiger partial charge in [-0.15, -0.1) is 11.3 Å². The zero-order valence-electron chi connectivity index (χ0n) is 12.2. The van der Waals surface area contributed by atoms with Gasteiger partial charge in [-0.2, -0.15) is 0 Å². The number of fused-ring (bicyclic) bond motifs is 1. The van der Waals surface area contributed by atoms with Gasteiger partial charge >= 0.3 is 0 Å². The van der Waals surface area contributed by atoms with E-state index in [-0.39, 0.29) is 5.78 Å². The van der Waals surface area contributed by atoms with Gasteiger partial charge in [-0.25, -0.2) is 0 Å². The van der Waals surface area contributed by atoms with Gasteiger partial charge in [0.2, 0.25) is 5.78 Å². The second-order valence-electron chi connectivity index (χ2n) is 5.43. The molecular formula is C18H20OS. The van der Waals surface area contributed by atoms with Crippen molar-refractivity contribution in [3.8, 4) is 0 Å². The standard InChI is InChI=1S/C18H20OS/c1-3-12-8-9-15(10-13(12)4-2)18(19)17-11-14-6-5-7-16(14)20-17/h8-11H,3-7H2,1-2H3. The summed E-state index contributed by atoms with van der Waals surface area (Å²) in [6.45, 7) is 4.32. The maximum Gasteiger partial charge on any atom is 0.202 e. The van der Waals surface area contributed by atoms with Gasteiger partial charge < -0.3 is 0 Å². The predicted octanol–water partition coefficient (Wildman–Crippen LogP) is 4.59. The zero-order valence-corrected chi connectivity index (χ0v) is 13.0. The lowest BCUT2D eigenvalue weighted by Crippen LogP contribution is -2.01. The third-order valence-electron chi connectivity index (χ3n) is 4.20. The van der Waals surface area contributed by atoms with E-state index in [1.165, 1.54) is 28.0 Å². The highest BCUT2D eigenvalue weighted by Gasteiger charge is 2.19. The summed E-state index contributed by atoms with van der Waals surface area (Å²) in [5.74, 6) is 0.196. The van der Waals surface area contributed by atoms with E-state index in [2.05, 4.69) is 32.0 Å². The quantitative estimate of drug-likeness (QED) is 0.750. The van der Waals surface area contributed by atoms with Gasteiger partial charge in [0.1, 0.15) is 0 Å². The molecule has 0 saturated heterocycles. The van der Waals surface area contributed by atoms with Gasteiger partial charge in [0.05, 0.1) is 4.88 Å². The van der Waals surface area contributed by atoms with E-state index in [0.717, 1.165) is 36.1 Å². The molecule has 0 atom stereocenters. The number of hydrogen-bond acceptors (Lipinski definition) is 2. The summed E-state index contributed by atoms with van der Waals surface area (Å²) in [5, 5.41) is 0. The fraction of sp³-hybridized carbons (Fsp3) is 0.389. The Hall–Kier alpha value is -1.41. The van der Waals surface area contributed by atoms with Crippen molar-refractivity contribution in [1.82, 2.24) is 0 Å². The Morgan fingerprint density at radius 1 is 1.10 bits per heavy atom. The maximum absolute atomic E-state index is 12.6. The molecule has 2 heteroatoms. The van der Waals surface area contributed by atoms with Gasteiger partial charge in [-0.1, -0.05) is 26.0 Å². The van der Waals surface area contributed by atoms with Gasteiger partial charge in [-0.05, 0) is 60.9 Å². The first-order valence-corrected chi connectivity index (χ1v) is 8.32. The number of carbonyl (C=O) groups is 1. The fourth-order valence-corrected chi connectivity index (χ4v) is 4.24. The van der Waals surface area contributed by atoms with Crippen LogP contribution < -0.4 is 0 Å². The number of thiophene rings is 1. The van der Waals surface area contributed by atoms with E-state index in [9.17, 15) is 4.79 Å². The van der Waals surface area contributed by atoms with Crippen molar-refractivity contribution in [3.05, 3.63) is 56.3 Å². The van der Waals surface area contributed by atoms with Crippen LogP contribution in [0.25, 0.3) is 0 Å². The van der Waals surface area contributed by atoms with E-state index in [4.69, 9.17) is 0 Å². The molecule has 0 amide bonds. The molecule has 0 unspecified atom stereocenters. The van der Waals surface area contributed by atoms with Crippen molar-refractivity contribution in [2.45, 2.75) is 46.0 Å². The van der Waals surface area contributed by atoms with Gasteiger partial charge in [-0.3, -0.25) is 4.79 Å². The Balaban J connectivity index is 1.93. The highest BCUT2D eigenvalue weighted by Crippen LogP contribution is 2.32. The summed E-state index contributed by atoms with van der Waals surface area (Å²) >= 11 is 1.70. The monoisotopic (exact) mass is 284 g/mol. The molecular weight excluding hydrogens is 264 g/mol. The normalized spacial score (nSPS) is 13.5. The Labute approximate surface area is 124 Å². The molecule has 1 heterocycles. The summed E-state index contributed by atoms with van der Waals surface area (Å²) < 4.78 is 0. The number of rotatable bonds is 4. The van der Waals surface area contributed by atoms with E-state index in [1.54, 1.807) is 11.3 Å². The molecule has 0 spiro atoms. The summed E-state index contributed by atoms with van der Waals surface area (Å²) in [5.41, 5.74) is 4.92. The highest BCUT2D eigenvalue weighted by atomic mass is 32.1. The lowest BCUT2D eigenvalue weighted by atomic mass is 9.98. The number of ketones is 1. The van der Waals surface area contributed by atoms with Crippen molar-refractivity contribution in [2.75, 3.05) is 0 Å². The van der Waals surface area contributed by atoms with Crippen LogP contribution in [0.2, 0.25) is 0 Å². The van der Waals surface area contributed by atoms with Crippen molar-refractivity contribution in [1.29, 1.82) is 0 Å². The van der Waals surface area contributed by atoms with Crippen LogP contribution in [0.1, 0.15) is 57.1 Å². The lowest BCUT2D eigenvalue weighted by Gasteiger charge is -2.07. The summed E-state index contributed by atoms with van der Waals surface area (Å²) in [4.78, 5) is 15.0. The van der Waals surface area contributed by atoms with E-state index < -0.39 is 0 Å². The second kappa shape index (κ2) is 5.53. The van der Waals surface area contributed by atoms with Crippen LogP contribution in [-0.4, -0.2) is 5.78 Å². The van der Waals surface area contributed by atoms with Crippen molar-refractivity contribution < 1.29 is 4.79 Å². The Morgan fingerprint density at radius 3 is 2.60 bits per heavy atom. The summed E-state index contributed by atoms with van der Waals surface area (Å²) in [6, 6.07) is 8.32. The Bertz CT molecular complexity index is 630. The number of hydrogen-bond donors (Lipinski definition) is 0. The van der Waals surface area contributed by atoms with Crippen LogP contribution in [0.3, 0.4) is 0 Å². The average Bonchev–Trinajstić information content (AvgIpc) is 3.06. The summed E-state index contributed by atoms with van der Waals surface area (Å²) in [6.07, 6.45) is 5.58. The van der Waals surface area contributed by atoms with Crippen LogP contribution in [0, 0.1) is 0 Å². The van der Waals surface area contributed by atoms with Crippen LogP contribution >= 0.6 is 11.3 Å². The minimum absolute atomic E-state index is 0.196. The third kappa shape index (κ3) is 2.33. The van der Waals surface area contributed by atoms with Crippen molar-refractivity contribution >= 4 is 17.1 Å². The van der Waals surface area contributed by atoms with E-state index >= 15 is 0 Å². The van der Waals surface area contributed by atoms with E-state index in [0.29, 0.717) is 0 Å². The number of aryl methyl sites for hydroxylation is 4. The van der Waals surface area contributed by atoms with E-state index in [1.807, 2.05) is 6.07 Å². The molecule has 1 aliphatic rings. The molecule has 0 radical (unpaired) electrons. The smallest absolute Gasteiger partial charge is 0.202 e. The molecule has 1 aromatic heterocycles. The lowest BCUT2D eigenvalue weighted by molar-refractivity contribution is 0.104. The molecule has 1 aliphatic carbocycles. The molecule has 0 N–H and O–H groups in total. The summed E-state index contributed by atoms with van der Waals surface area (Å²) in [7, 11) is 0. The molecule has 0 fully saturated rings. The third-order valence-corrected chi connectivity index (χ3v) is 5.44. The van der Waals surface area contributed by atoms with Gasteiger partial charge in [0, 0.05) is 10.4 Å².